The molecule has 10 heteroatoms. The van der Waals surface area contributed by atoms with Gasteiger partial charge in [0.05, 0.1) is 17.4 Å². The van der Waals surface area contributed by atoms with Gasteiger partial charge in [-0.15, -0.1) is 24.0 Å². The average molecular weight is 483 g/mol. The Morgan fingerprint density at radius 1 is 1.17 bits per heavy atom. The molecule has 0 amide bonds. The molecule has 1 atom stereocenters. The van der Waals surface area contributed by atoms with E-state index in [2.05, 4.69) is 15.6 Å². The first-order chi connectivity index (χ1) is 10.7. The van der Waals surface area contributed by atoms with Gasteiger partial charge in [-0.05, 0) is 38.0 Å². The van der Waals surface area contributed by atoms with E-state index in [1.54, 1.807) is 7.05 Å². The molecule has 24 heavy (non-hydrogen) atoms. The smallest absolute Gasteiger partial charge is 0.356 e. The lowest BCUT2D eigenvalue weighted by atomic mass is 9.85. The lowest BCUT2D eigenvalue weighted by Gasteiger charge is -2.31. The van der Waals surface area contributed by atoms with Crippen LogP contribution in [0.3, 0.4) is 0 Å². The SMILES string of the molecule is CN=C(NCC1CCS(=O)(=O)C1)NC1CCC(C(F)(F)F)CC1.I. The summed E-state index contributed by atoms with van der Waals surface area (Å²) in [4.78, 5) is 4.07. The van der Waals surface area contributed by atoms with Crippen molar-refractivity contribution in [3.05, 3.63) is 0 Å². The summed E-state index contributed by atoms with van der Waals surface area (Å²) in [6.07, 6.45) is -2.26. The fourth-order valence-electron chi connectivity index (χ4n) is 3.23. The van der Waals surface area contributed by atoms with Crippen LogP contribution < -0.4 is 10.6 Å². The summed E-state index contributed by atoms with van der Waals surface area (Å²) in [5.41, 5.74) is 0. The van der Waals surface area contributed by atoms with Gasteiger partial charge in [-0.2, -0.15) is 13.2 Å². The third-order valence-corrected chi connectivity index (χ3v) is 6.48. The number of halogens is 4. The monoisotopic (exact) mass is 483 g/mol. The lowest BCUT2D eigenvalue weighted by Crippen LogP contribution is -2.47. The zero-order chi connectivity index (χ0) is 17.1. The maximum Gasteiger partial charge on any atom is 0.391 e. The van der Waals surface area contributed by atoms with E-state index in [1.165, 1.54) is 0 Å². The van der Waals surface area contributed by atoms with Crippen LogP contribution in [0.5, 0.6) is 0 Å². The van der Waals surface area contributed by atoms with Crippen LogP contribution in [0.25, 0.3) is 0 Å². The molecule has 2 rings (SSSR count). The Bertz CT molecular complexity index is 532. The van der Waals surface area contributed by atoms with Crippen molar-refractivity contribution < 1.29 is 21.6 Å². The summed E-state index contributed by atoms with van der Waals surface area (Å²) in [5.74, 6) is -0.177. The molecule has 1 aliphatic carbocycles. The summed E-state index contributed by atoms with van der Waals surface area (Å²) in [6.45, 7) is 0.511. The minimum atomic E-state index is -4.10. The first-order valence-electron chi connectivity index (χ1n) is 7.94. The summed E-state index contributed by atoms with van der Waals surface area (Å²) in [6, 6.07) is -0.0212. The molecule has 1 aliphatic heterocycles. The van der Waals surface area contributed by atoms with Gasteiger partial charge < -0.3 is 10.6 Å². The van der Waals surface area contributed by atoms with Crippen molar-refractivity contribution >= 4 is 39.8 Å². The molecule has 142 valence electrons. The van der Waals surface area contributed by atoms with Crippen LogP contribution in [-0.4, -0.2) is 51.7 Å². The zero-order valence-corrected chi connectivity index (χ0v) is 16.7. The minimum Gasteiger partial charge on any atom is -0.356 e. The number of alkyl halides is 3. The van der Waals surface area contributed by atoms with E-state index in [1.807, 2.05) is 0 Å². The molecule has 1 saturated heterocycles. The third kappa shape index (κ3) is 6.57. The topological polar surface area (TPSA) is 70.6 Å². The highest BCUT2D eigenvalue weighted by Crippen LogP contribution is 2.37. The molecule has 1 unspecified atom stereocenters. The van der Waals surface area contributed by atoms with Gasteiger partial charge in [0.1, 0.15) is 0 Å². The highest BCUT2D eigenvalue weighted by atomic mass is 127. The Morgan fingerprint density at radius 3 is 2.25 bits per heavy atom. The molecular formula is C14H25F3IN3O2S. The van der Waals surface area contributed by atoms with Gasteiger partial charge in [-0.1, -0.05) is 0 Å². The molecule has 1 heterocycles. The van der Waals surface area contributed by atoms with Crippen LogP contribution in [0.2, 0.25) is 0 Å². The molecule has 0 bridgehead atoms. The maximum atomic E-state index is 12.6. The van der Waals surface area contributed by atoms with Crippen molar-refractivity contribution in [1.82, 2.24) is 10.6 Å². The van der Waals surface area contributed by atoms with E-state index in [0.29, 0.717) is 31.8 Å². The van der Waals surface area contributed by atoms with Crippen LogP contribution in [-0.2, 0) is 9.84 Å². The second-order valence-corrected chi connectivity index (χ2v) is 8.69. The number of guanidine groups is 1. The second-order valence-electron chi connectivity index (χ2n) is 6.46. The molecular weight excluding hydrogens is 458 g/mol. The Morgan fingerprint density at radius 2 is 1.79 bits per heavy atom. The number of aliphatic imine (C=N–C) groups is 1. The van der Waals surface area contributed by atoms with Crippen molar-refractivity contribution in [3.63, 3.8) is 0 Å². The van der Waals surface area contributed by atoms with E-state index in [9.17, 15) is 21.6 Å². The molecule has 2 aliphatic rings. The fourth-order valence-corrected chi connectivity index (χ4v) is 5.09. The van der Waals surface area contributed by atoms with E-state index >= 15 is 0 Å². The number of sulfone groups is 1. The van der Waals surface area contributed by atoms with Crippen LogP contribution >= 0.6 is 24.0 Å². The van der Waals surface area contributed by atoms with Gasteiger partial charge in [-0.3, -0.25) is 4.99 Å². The van der Waals surface area contributed by atoms with Gasteiger partial charge in [0.2, 0.25) is 0 Å². The minimum absolute atomic E-state index is 0. The Labute approximate surface area is 158 Å². The summed E-state index contributed by atoms with van der Waals surface area (Å²) < 4.78 is 60.8. The second kappa shape index (κ2) is 8.91. The number of nitrogens with zero attached hydrogens (tertiary/aromatic N) is 1. The third-order valence-electron chi connectivity index (χ3n) is 4.64. The van der Waals surface area contributed by atoms with E-state index < -0.39 is 21.9 Å². The standard InChI is InChI=1S/C14H24F3N3O2S.HI/c1-18-13(19-8-10-6-7-23(21,22)9-10)20-12-4-2-11(3-5-12)14(15,16)17;/h10-12H,2-9H2,1H3,(H2,18,19,20);1H. The highest BCUT2D eigenvalue weighted by molar-refractivity contribution is 14.0. The van der Waals surface area contributed by atoms with Crippen LogP contribution in [0.15, 0.2) is 4.99 Å². The van der Waals surface area contributed by atoms with Crippen molar-refractivity contribution in [2.24, 2.45) is 16.8 Å². The molecule has 1 saturated carbocycles. The summed E-state index contributed by atoms with van der Waals surface area (Å²) in [7, 11) is -1.30. The number of rotatable bonds is 3. The molecule has 0 aromatic rings. The van der Waals surface area contributed by atoms with Crippen LogP contribution in [0.1, 0.15) is 32.1 Å². The van der Waals surface area contributed by atoms with Gasteiger partial charge in [-0.25, -0.2) is 8.42 Å². The molecule has 0 aromatic heterocycles. The van der Waals surface area contributed by atoms with Crippen molar-refractivity contribution in [2.45, 2.75) is 44.3 Å². The van der Waals surface area contributed by atoms with Gasteiger partial charge in [0, 0.05) is 19.6 Å². The van der Waals surface area contributed by atoms with E-state index in [-0.39, 0.29) is 60.3 Å². The van der Waals surface area contributed by atoms with E-state index in [0.717, 1.165) is 0 Å². The first-order valence-corrected chi connectivity index (χ1v) is 9.76. The van der Waals surface area contributed by atoms with Crippen LogP contribution in [0.4, 0.5) is 13.2 Å². The number of hydrogen-bond donors (Lipinski definition) is 2. The van der Waals surface area contributed by atoms with Gasteiger partial charge in [0.25, 0.3) is 0 Å². The highest BCUT2D eigenvalue weighted by Gasteiger charge is 2.41. The first kappa shape index (κ1) is 21.8. The predicted molar refractivity (Wildman–Crippen MR) is 98.5 cm³/mol. The molecule has 5 nitrogen and oxygen atoms in total. The fraction of sp³-hybridized carbons (Fsp3) is 0.929. The van der Waals surface area contributed by atoms with Crippen molar-refractivity contribution in [1.29, 1.82) is 0 Å². The molecule has 0 spiro atoms. The predicted octanol–water partition coefficient (Wildman–Crippen LogP) is 2.33. The number of nitrogens with one attached hydrogen (secondary N) is 2. The Kier molecular flexibility index (Phi) is 8.08. The lowest BCUT2D eigenvalue weighted by molar-refractivity contribution is -0.182. The zero-order valence-electron chi connectivity index (χ0n) is 13.6. The Hall–Kier alpha value is -0.260. The molecule has 0 aromatic carbocycles. The number of hydrogen-bond acceptors (Lipinski definition) is 3. The van der Waals surface area contributed by atoms with Crippen LogP contribution in [0, 0.1) is 11.8 Å². The normalized spacial score (nSPS) is 30.5. The molecule has 2 N–H and O–H groups in total. The molecule has 0 radical (unpaired) electrons. The van der Waals surface area contributed by atoms with Gasteiger partial charge >= 0.3 is 6.18 Å². The quantitative estimate of drug-likeness (QED) is 0.368. The Balaban J connectivity index is 0.00000288. The van der Waals surface area contributed by atoms with Gasteiger partial charge in [0.15, 0.2) is 15.8 Å². The van der Waals surface area contributed by atoms with Crippen molar-refractivity contribution in [3.8, 4) is 0 Å². The maximum absolute atomic E-state index is 12.6. The van der Waals surface area contributed by atoms with E-state index in [4.69, 9.17) is 0 Å². The largest absolute Gasteiger partial charge is 0.391 e. The summed E-state index contributed by atoms with van der Waals surface area (Å²) in [5, 5.41) is 6.23. The average Bonchev–Trinajstić information content (AvgIpc) is 2.82. The summed E-state index contributed by atoms with van der Waals surface area (Å²) >= 11 is 0. The van der Waals surface area contributed by atoms with Crippen molar-refractivity contribution in [2.75, 3.05) is 25.1 Å². The molecule has 2 fully saturated rings.